The van der Waals surface area contributed by atoms with Crippen molar-refractivity contribution in [3.05, 3.63) is 206 Å². The van der Waals surface area contributed by atoms with Crippen LogP contribution in [-0.4, -0.2) is 28.3 Å². The fourth-order valence-electron chi connectivity index (χ4n) is 8.98. The standard InChI is InChI=1S/C59H51BN2O2/c1-40-33-56(61-38-54(40)42-21-11-7-12-22-42)45-31-29-43(30-32-45)49-25-15-16-26-50(49)46-34-47(36-48(35-46)60-63-58(2,3)59(4,5)64-60)51-27-17-18-28-52(51)55-39-62-57(44-23-13-8-14-24-44)37-53(55)41-19-9-6-10-20-41/h7-9,11-39H,6,10H2,1-5H3. The molecule has 2 aromatic heterocycles. The molecule has 0 saturated carbocycles. The van der Waals surface area contributed by atoms with Crippen molar-refractivity contribution in [2.45, 2.75) is 58.7 Å². The quantitative estimate of drug-likeness (QED) is 0.136. The van der Waals surface area contributed by atoms with Crippen LogP contribution in [0.1, 0.15) is 51.7 Å². The fraction of sp³-hybridized carbons (Fsp3) is 0.153. The minimum absolute atomic E-state index is 0.497. The normalized spacial score (nSPS) is 15.3. The van der Waals surface area contributed by atoms with Crippen LogP contribution in [-0.2, 0) is 9.31 Å². The van der Waals surface area contributed by atoms with E-state index in [1.54, 1.807) is 0 Å². The molecular weight excluding hydrogens is 779 g/mol. The number of allylic oxidation sites excluding steroid dienone is 4. The van der Waals surface area contributed by atoms with Crippen molar-refractivity contribution < 1.29 is 9.31 Å². The van der Waals surface area contributed by atoms with Crippen LogP contribution in [0.15, 0.2) is 194 Å². The van der Waals surface area contributed by atoms with E-state index in [2.05, 4.69) is 211 Å². The number of pyridine rings is 2. The first-order valence-electron chi connectivity index (χ1n) is 22.4. The Morgan fingerprint density at radius 1 is 0.438 bits per heavy atom. The van der Waals surface area contributed by atoms with E-state index >= 15 is 0 Å². The number of hydrogen-bond acceptors (Lipinski definition) is 4. The van der Waals surface area contributed by atoms with E-state index in [9.17, 15) is 0 Å². The lowest BCUT2D eigenvalue weighted by Crippen LogP contribution is -2.41. The molecular formula is C59H51BN2O2. The largest absolute Gasteiger partial charge is 0.494 e. The van der Waals surface area contributed by atoms with Gasteiger partial charge in [-0.25, -0.2) is 0 Å². The highest BCUT2D eigenvalue weighted by Crippen LogP contribution is 2.42. The van der Waals surface area contributed by atoms with Crippen LogP contribution in [0.2, 0.25) is 0 Å². The molecule has 1 fully saturated rings. The Kier molecular flexibility index (Phi) is 10.9. The molecule has 0 radical (unpaired) electrons. The SMILES string of the molecule is Cc1cc(-c2ccc(-c3ccccc3-c3cc(B4OC(C)(C)C(C)(C)O4)cc(-c4ccccc4-c4cnc(-c5ccccc5)cc4C4=CCCC=C4)c3)cc2)ncc1-c1ccccc1. The van der Waals surface area contributed by atoms with Crippen LogP contribution in [0, 0.1) is 6.92 Å². The van der Waals surface area contributed by atoms with Crippen molar-refractivity contribution in [1.82, 2.24) is 9.97 Å². The Morgan fingerprint density at radius 2 is 0.922 bits per heavy atom. The zero-order chi connectivity index (χ0) is 43.8. The summed E-state index contributed by atoms with van der Waals surface area (Å²) in [5, 5.41) is 0. The van der Waals surface area contributed by atoms with Gasteiger partial charge in [-0.05, 0) is 132 Å². The van der Waals surface area contributed by atoms with E-state index < -0.39 is 18.3 Å². The molecule has 0 bridgehead atoms. The van der Waals surface area contributed by atoms with Crippen molar-refractivity contribution in [3.63, 3.8) is 0 Å². The van der Waals surface area contributed by atoms with Crippen molar-refractivity contribution in [3.8, 4) is 78.1 Å². The monoisotopic (exact) mass is 830 g/mol. The number of rotatable bonds is 9. The van der Waals surface area contributed by atoms with Gasteiger partial charge in [0.2, 0.25) is 0 Å². The van der Waals surface area contributed by atoms with Gasteiger partial charge in [0.25, 0.3) is 0 Å². The lowest BCUT2D eigenvalue weighted by atomic mass is 9.75. The molecule has 312 valence electrons. The molecule has 1 aliphatic carbocycles. The summed E-state index contributed by atoms with van der Waals surface area (Å²) < 4.78 is 13.5. The van der Waals surface area contributed by atoms with Crippen LogP contribution < -0.4 is 5.46 Å². The Bertz CT molecular complexity index is 3040. The molecule has 8 aromatic rings. The van der Waals surface area contributed by atoms with Crippen molar-refractivity contribution >= 4 is 18.2 Å². The maximum atomic E-state index is 6.76. The van der Waals surface area contributed by atoms with E-state index in [1.165, 1.54) is 22.3 Å². The molecule has 0 N–H and O–H groups in total. The van der Waals surface area contributed by atoms with Crippen LogP contribution >= 0.6 is 0 Å². The average Bonchev–Trinajstić information content (AvgIpc) is 3.57. The van der Waals surface area contributed by atoms with Gasteiger partial charge in [0.1, 0.15) is 0 Å². The molecule has 0 atom stereocenters. The lowest BCUT2D eigenvalue weighted by Gasteiger charge is -2.32. The molecule has 6 aromatic carbocycles. The summed E-state index contributed by atoms with van der Waals surface area (Å²) in [5.41, 5.74) is 18.9. The number of hydrogen-bond donors (Lipinski definition) is 0. The Morgan fingerprint density at radius 3 is 1.52 bits per heavy atom. The van der Waals surface area contributed by atoms with Crippen molar-refractivity contribution in [2.75, 3.05) is 0 Å². The molecule has 1 saturated heterocycles. The Labute approximate surface area is 378 Å². The van der Waals surface area contributed by atoms with E-state index in [0.29, 0.717) is 0 Å². The zero-order valence-electron chi connectivity index (χ0n) is 37.2. The highest BCUT2D eigenvalue weighted by Gasteiger charge is 2.51. The predicted molar refractivity (Wildman–Crippen MR) is 267 cm³/mol. The minimum atomic E-state index is -0.550. The highest BCUT2D eigenvalue weighted by atomic mass is 16.7. The van der Waals surface area contributed by atoms with Crippen LogP contribution in [0.3, 0.4) is 0 Å². The van der Waals surface area contributed by atoms with Crippen LogP contribution in [0.25, 0.3) is 83.7 Å². The molecule has 64 heavy (non-hydrogen) atoms. The molecule has 1 aliphatic heterocycles. The van der Waals surface area contributed by atoms with Crippen LogP contribution in [0.5, 0.6) is 0 Å². The van der Waals surface area contributed by atoms with Crippen molar-refractivity contribution in [1.29, 1.82) is 0 Å². The van der Waals surface area contributed by atoms with Gasteiger partial charge in [0, 0.05) is 34.6 Å². The average molecular weight is 831 g/mol. The number of aryl methyl sites for hydroxylation is 1. The summed E-state index contributed by atoms with van der Waals surface area (Å²) >= 11 is 0. The maximum absolute atomic E-state index is 6.76. The number of aromatic nitrogens is 2. The van der Waals surface area contributed by atoms with Gasteiger partial charge in [-0.1, -0.05) is 164 Å². The third kappa shape index (κ3) is 7.98. The Balaban J connectivity index is 1.08. The van der Waals surface area contributed by atoms with E-state index in [0.717, 1.165) is 90.9 Å². The van der Waals surface area contributed by atoms with Gasteiger partial charge in [0.05, 0.1) is 22.6 Å². The first-order chi connectivity index (χ1) is 31.1. The smallest absolute Gasteiger partial charge is 0.399 e. The summed E-state index contributed by atoms with van der Waals surface area (Å²) in [6, 6.07) is 58.4. The molecule has 0 spiro atoms. The van der Waals surface area contributed by atoms with Gasteiger partial charge < -0.3 is 9.31 Å². The fourth-order valence-corrected chi connectivity index (χ4v) is 8.98. The van der Waals surface area contributed by atoms with Crippen molar-refractivity contribution in [2.24, 2.45) is 0 Å². The topological polar surface area (TPSA) is 44.2 Å². The summed E-state index contributed by atoms with van der Waals surface area (Å²) in [5.74, 6) is 0. The number of nitrogens with zero attached hydrogens (tertiary/aromatic N) is 2. The second-order valence-corrected chi connectivity index (χ2v) is 18.0. The second-order valence-electron chi connectivity index (χ2n) is 18.0. The second kappa shape index (κ2) is 17.0. The molecule has 0 unspecified atom stereocenters. The summed E-state index contributed by atoms with van der Waals surface area (Å²) in [6.07, 6.45) is 13.0. The van der Waals surface area contributed by atoms with Gasteiger partial charge >= 0.3 is 7.12 Å². The third-order valence-corrected chi connectivity index (χ3v) is 13.2. The van der Waals surface area contributed by atoms with E-state index in [4.69, 9.17) is 19.3 Å². The van der Waals surface area contributed by atoms with E-state index in [-0.39, 0.29) is 0 Å². The van der Waals surface area contributed by atoms with Gasteiger partial charge in [-0.2, -0.15) is 0 Å². The van der Waals surface area contributed by atoms with Gasteiger partial charge in [0.15, 0.2) is 0 Å². The summed E-state index contributed by atoms with van der Waals surface area (Å²) in [7, 11) is -0.550. The molecule has 3 heterocycles. The molecule has 10 rings (SSSR count). The molecule has 0 amide bonds. The first kappa shape index (κ1) is 41.1. The molecule has 5 heteroatoms. The van der Waals surface area contributed by atoms with E-state index in [1.807, 2.05) is 18.3 Å². The molecule has 2 aliphatic rings. The Hall–Kier alpha value is -6.92. The van der Waals surface area contributed by atoms with Gasteiger partial charge in [-0.3, -0.25) is 9.97 Å². The zero-order valence-corrected chi connectivity index (χ0v) is 37.2. The first-order valence-corrected chi connectivity index (χ1v) is 22.4. The highest BCUT2D eigenvalue weighted by molar-refractivity contribution is 6.62. The molecule has 4 nitrogen and oxygen atoms in total. The predicted octanol–water partition coefficient (Wildman–Crippen LogP) is 14.5. The number of benzene rings is 6. The van der Waals surface area contributed by atoms with Crippen LogP contribution in [0.4, 0.5) is 0 Å². The van der Waals surface area contributed by atoms with Gasteiger partial charge in [-0.15, -0.1) is 0 Å². The summed E-state index contributed by atoms with van der Waals surface area (Å²) in [4.78, 5) is 9.99. The summed E-state index contributed by atoms with van der Waals surface area (Å²) in [6.45, 7) is 10.6. The lowest BCUT2D eigenvalue weighted by molar-refractivity contribution is 0.00578. The third-order valence-electron chi connectivity index (χ3n) is 13.2. The maximum Gasteiger partial charge on any atom is 0.494 e. The minimum Gasteiger partial charge on any atom is -0.399 e.